The molecule has 1 rings (SSSR count). The summed E-state index contributed by atoms with van der Waals surface area (Å²) in [6.07, 6.45) is 0. The fourth-order valence-corrected chi connectivity index (χ4v) is 2.46. The Labute approximate surface area is 87.2 Å². The van der Waals surface area contributed by atoms with E-state index in [2.05, 4.69) is 10.2 Å². The van der Waals surface area contributed by atoms with Crippen LogP contribution in [0.3, 0.4) is 0 Å². The Balaban J connectivity index is 2.43. The molecule has 0 aliphatic rings. The van der Waals surface area contributed by atoms with Gasteiger partial charge in [-0.15, -0.1) is 16.9 Å². The Morgan fingerprint density at radius 1 is 1.43 bits per heavy atom. The topological polar surface area (TPSA) is 85.9 Å². The fraction of sp³-hybridized carbons (Fsp3) is 0.429. The van der Waals surface area contributed by atoms with Gasteiger partial charge in [-0.25, -0.2) is 13.6 Å². The SMILES string of the molecule is Cc1ccc(SCCS(N)(=O)=O)nn1. The lowest BCUT2D eigenvalue weighted by Gasteiger charge is -1.98. The number of thioether (sulfide) groups is 1. The zero-order valence-electron chi connectivity index (χ0n) is 7.67. The van der Waals surface area contributed by atoms with Crippen molar-refractivity contribution in [1.82, 2.24) is 10.2 Å². The molecule has 2 N–H and O–H groups in total. The quantitative estimate of drug-likeness (QED) is 0.749. The number of aromatic nitrogens is 2. The minimum atomic E-state index is -3.37. The minimum absolute atomic E-state index is 0.0484. The molecule has 0 atom stereocenters. The molecule has 1 heterocycles. The van der Waals surface area contributed by atoms with E-state index in [4.69, 9.17) is 5.14 Å². The molecule has 0 amide bonds. The highest BCUT2D eigenvalue weighted by molar-refractivity contribution is 8.00. The summed E-state index contributed by atoms with van der Waals surface area (Å²) in [5, 5.41) is 13.3. The lowest BCUT2D eigenvalue weighted by Crippen LogP contribution is -2.17. The van der Waals surface area contributed by atoms with Gasteiger partial charge in [0.2, 0.25) is 10.0 Å². The van der Waals surface area contributed by atoms with Crippen LogP contribution in [-0.4, -0.2) is 30.1 Å². The molecule has 0 bridgehead atoms. The molecule has 1 aromatic heterocycles. The number of primary sulfonamides is 1. The molecule has 0 saturated carbocycles. The zero-order chi connectivity index (χ0) is 10.6. The minimum Gasteiger partial charge on any atom is -0.229 e. The van der Waals surface area contributed by atoms with E-state index in [1.807, 2.05) is 13.0 Å². The van der Waals surface area contributed by atoms with Crippen molar-refractivity contribution in [1.29, 1.82) is 0 Å². The molecule has 0 aliphatic carbocycles. The summed E-state index contributed by atoms with van der Waals surface area (Å²) >= 11 is 1.32. The van der Waals surface area contributed by atoms with Crippen LogP contribution < -0.4 is 5.14 Å². The summed E-state index contributed by atoms with van der Waals surface area (Å²) in [6, 6.07) is 3.63. The third kappa shape index (κ3) is 4.54. The summed E-state index contributed by atoms with van der Waals surface area (Å²) in [7, 11) is -3.37. The normalized spacial score (nSPS) is 11.6. The largest absolute Gasteiger partial charge is 0.229 e. The average molecular weight is 233 g/mol. The molecule has 14 heavy (non-hydrogen) atoms. The Morgan fingerprint density at radius 2 is 2.14 bits per heavy atom. The number of nitrogens with two attached hydrogens (primary N) is 1. The predicted molar refractivity (Wildman–Crippen MR) is 55.5 cm³/mol. The van der Waals surface area contributed by atoms with Crippen LogP contribution in [0, 0.1) is 6.92 Å². The Bertz CT molecular complexity index is 388. The number of rotatable bonds is 4. The second-order valence-electron chi connectivity index (χ2n) is 2.73. The maximum Gasteiger partial charge on any atom is 0.209 e. The first-order chi connectivity index (χ1) is 6.47. The molecule has 0 radical (unpaired) electrons. The molecular formula is C7H11N3O2S2. The molecule has 0 aromatic carbocycles. The van der Waals surface area contributed by atoms with E-state index in [1.54, 1.807) is 6.07 Å². The Kier molecular flexibility index (Phi) is 3.85. The van der Waals surface area contributed by atoms with Crippen LogP contribution in [0.4, 0.5) is 0 Å². The van der Waals surface area contributed by atoms with Crippen molar-refractivity contribution in [2.24, 2.45) is 5.14 Å². The summed E-state index contributed by atoms with van der Waals surface area (Å²) in [6.45, 7) is 1.84. The lowest BCUT2D eigenvalue weighted by molar-refractivity contribution is 0.599. The van der Waals surface area contributed by atoms with Crippen molar-refractivity contribution in [3.8, 4) is 0 Å². The van der Waals surface area contributed by atoms with Gasteiger partial charge in [0.05, 0.1) is 11.4 Å². The van der Waals surface area contributed by atoms with Crippen LogP contribution in [0.25, 0.3) is 0 Å². The van der Waals surface area contributed by atoms with E-state index < -0.39 is 10.0 Å². The summed E-state index contributed by atoms with van der Waals surface area (Å²) in [4.78, 5) is 0. The molecule has 0 spiro atoms. The van der Waals surface area contributed by atoms with Gasteiger partial charge in [-0.2, -0.15) is 5.10 Å². The zero-order valence-corrected chi connectivity index (χ0v) is 9.31. The number of hydrogen-bond donors (Lipinski definition) is 1. The van der Waals surface area contributed by atoms with Crippen LogP contribution in [0.1, 0.15) is 5.69 Å². The molecule has 0 unspecified atom stereocenters. The van der Waals surface area contributed by atoms with Crippen LogP contribution in [-0.2, 0) is 10.0 Å². The first-order valence-corrected chi connectivity index (χ1v) is 6.61. The molecule has 0 saturated heterocycles. The summed E-state index contributed by atoms with van der Waals surface area (Å²) < 4.78 is 21.2. The molecule has 0 fully saturated rings. The Hall–Kier alpha value is -0.660. The third-order valence-corrected chi connectivity index (χ3v) is 3.34. The van der Waals surface area contributed by atoms with Gasteiger partial charge in [-0.1, -0.05) is 0 Å². The standard InChI is InChI=1S/C7H11N3O2S2/c1-6-2-3-7(10-9-6)13-4-5-14(8,11)12/h2-3H,4-5H2,1H3,(H2,8,11,12). The van der Waals surface area contributed by atoms with Gasteiger partial charge in [-0.3, -0.25) is 0 Å². The van der Waals surface area contributed by atoms with Crippen molar-refractivity contribution >= 4 is 21.8 Å². The van der Waals surface area contributed by atoms with E-state index >= 15 is 0 Å². The molecule has 5 nitrogen and oxygen atoms in total. The van der Waals surface area contributed by atoms with Crippen molar-refractivity contribution in [3.63, 3.8) is 0 Å². The van der Waals surface area contributed by atoms with Crippen LogP contribution >= 0.6 is 11.8 Å². The average Bonchev–Trinajstić information content (AvgIpc) is 2.06. The maximum absolute atomic E-state index is 10.6. The summed E-state index contributed by atoms with van der Waals surface area (Å²) in [5.41, 5.74) is 0.834. The van der Waals surface area contributed by atoms with Crippen LogP contribution in [0.15, 0.2) is 17.2 Å². The number of sulfonamides is 1. The molecular weight excluding hydrogens is 222 g/mol. The lowest BCUT2D eigenvalue weighted by atomic mass is 10.4. The monoisotopic (exact) mass is 233 g/mol. The predicted octanol–water partition coefficient (Wildman–Crippen LogP) is 0.166. The van der Waals surface area contributed by atoms with Gasteiger partial charge < -0.3 is 0 Å². The highest BCUT2D eigenvalue weighted by atomic mass is 32.2. The smallest absolute Gasteiger partial charge is 0.209 e. The van der Waals surface area contributed by atoms with Gasteiger partial charge in [0.1, 0.15) is 5.03 Å². The maximum atomic E-state index is 10.6. The van der Waals surface area contributed by atoms with E-state index in [0.717, 1.165) is 5.69 Å². The number of nitrogens with zero attached hydrogens (tertiary/aromatic N) is 2. The van der Waals surface area contributed by atoms with Gasteiger partial charge >= 0.3 is 0 Å². The van der Waals surface area contributed by atoms with Gasteiger partial charge in [0.15, 0.2) is 0 Å². The number of aryl methyl sites for hydroxylation is 1. The molecule has 1 aromatic rings. The summed E-state index contributed by atoms with van der Waals surface area (Å²) in [5.74, 6) is 0.351. The van der Waals surface area contributed by atoms with Gasteiger partial charge in [0, 0.05) is 5.75 Å². The van der Waals surface area contributed by atoms with Crippen molar-refractivity contribution in [2.75, 3.05) is 11.5 Å². The van der Waals surface area contributed by atoms with E-state index in [0.29, 0.717) is 10.8 Å². The van der Waals surface area contributed by atoms with E-state index in [1.165, 1.54) is 11.8 Å². The van der Waals surface area contributed by atoms with Crippen molar-refractivity contribution in [3.05, 3.63) is 17.8 Å². The molecule has 78 valence electrons. The van der Waals surface area contributed by atoms with Crippen molar-refractivity contribution < 1.29 is 8.42 Å². The van der Waals surface area contributed by atoms with Crippen molar-refractivity contribution in [2.45, 2.75) is 11.9 Å². The third-order valence-electron chi connectivity index (χ3n) is 1.39. The second-order valence-corrected chi connectivity index (χ2v) is 5.58. The van der Waals surface area contributed by atoms with E-state index in [-0.39, 0.29) is 5.75 Å². The van der Waals surface area contributed by atoms with Gasteiger partial charge in [-0.05, 0) is 19.1 Å². The van der Waals surface area contributed by atoms with Crippen LogP contribution in [0.5, 0.6) is 0 Å². The Morgan fingerprint density at radius 3 is 2.64 bits per heavy atom. The number of hydrogen-bond acceptors (Lipinski definition) is 5. The molecule has 7 heteroatoms. The highest BCUT2D eigenvalue weighted by Gasteiger charge is 2.03. The van der Waals surface area contributed by atoms with E-state index in [9.17, 15) is 8.42 Å². The second kappa shape index (κ2) is 4.72. The highest BCUT2D eigenvalue weighted by Crippen LogP contribution is 2.13. The molecule has 0 aliphatic heterocycles. The first kappa shape index (κ1) is 11.4. The van der Waals surface area contributed by atoms with Crippen LogP contribution in [0.2, 0.25) is 0 Å². The first-order valence-electron chi connectivity index (χ1n) is 3.91. The fourth-order valence-electron chi connectivity index (χ4n) is 0.726. The van der Waals surface area contributed by atoms with Gasteiger partial charge in [0.25, 0.3) is 0 Å².